The first-order valence-corrected chi connectivity index (χ1v) is 7.79. The van der Waals surface area contributed by atoms with Crippen LogP contribution in [0, 0.1) is 13.8 Å². The zero-order chi connectivity index (χ0) is 16.8. The molecule has 1 aromatic rings. The number of alkyl carbamates (subject to hydrolysis) is 1. The average molecular weight is 319 g/mol. The van der Waals surface area contributed by atoms with Crippen LogP contribution in [0.15, 0.2) is 0 Å². The SMILES string of the molecule is CC(=O)c1[nH]c(C)c(C(=O)N2CCCC3(CNC(=O)O3)C2)c1C. The van der Waals surface area contributed by atoms with Crippen molar-refractivity contribution in [3.05, 3.63) is 22.5 Å². The number of aryl methyl sites for hydroxylation is 1. The first-order chi connectivity index (χ1) is 10.8. The summed E-state index contributed by atoms with van der Waals surface area (Å²) in [4.78, 5) is 40.7. The van der Waals surface area contributed by atoms with Crippen LogP contribution in [0.3, 0.4) is 0 Å². The Kier molecular flexibility index (Phi) is 3.66. The van der Waals surface area contributed by atoms with Gasteiger partial charge in [0.15, 0.2) is 5.78 Å². The van der Waals surface area contributed by atoms with Crippen LogP contribution in [-0.2, 0) is 4.74 Å². The third-order valence-electron chi connectivity index (χ3n) is 4.69. The van der Waals surface area contributed by atoms with Crippen LogP contribution in [0.4, 0.5) is 4.79 Å². The molecule has 3 heterocycles. The maximum atomic E-state index is 12.9. The summed E-state index contributed by atoms with van der Waals surface area (Å²) in [5.74, 6) is -0.209. The fourth-order valence-corrected chi connectivity index (χ4v) is 3.58. The Balaban J connectivity index is 1.86. The van der Waals surface area contributed by atoms with Crippen molar-refractivity contribution in [3.8, 4) is 0 Å². The van der Waals surface area contributed by atoms with Crippen molar-refractivity contribution in [2.45, 2.75) is 39.2 Å². The van der Waals surface area contributed by atoms with E-state index in [-0.39, 0.29) is 11.7 Å². The van der Waals surface area contributed by atoms with Crippen molar-refractivity contribution in [2.75, 3.05) is 19.6 Å². The van der Waals surface area contributed by atoms with E-state index in [9.17, 15) is 14.4 Å². The highest BCUT2D eigenvalue weighted by Gasteiger charge is 2.45. The Morgan fingerprint density at radius 1 is 1.30 bits per heavy atom. The minimum atomic E-state index is -0.619. The topological polar surface area (TPSA) is 91.5 Å². The number of nitrogens with zero attached hydrogens (tertiary/aromatic N) is 1. The number of ether oxygens (including phenoxy) is 1. The Labute approximate surface area is 134 Å². The highest BCUT2D eigenvalue weighted by atomic mass is 16.6. The number of carbonyl (C=O) groups excluding carboxylic acids is 3. The van der Waals surface area contributed by atoms with Gasteiger partial charge in [-0.2, -0.15) is 0 Å². The minimum absolute atomic E-state index is 0.0892. The summed E-state index contributed by atoms with van der Waals surface area (Å²) in [6.45, 7) is 6.49. The van der Waals surface area contributed by atoms with Gasteiger partial charge in [-0.1, -0.05) is 0 Å². The molecule has 2 saturated heterocycles. The van der Waals surface area contributed by atoms with Gasteiger partial charge < -0.3 is 19.9 Å². The lowest BCUT2D eigenvalue weighted by Gasteiger charge is -2.38. The van der Waals surface area contributed by atoms with Crippen LogP contribution in [0.2, 0.25) is 0 Å². The smallest absolute Gasteiger partial charge is 0.407 e. The number of aromatic amines is 1. The lowest BCUT2D eigenvalue weighted by molar-refractivity contribution is -0.00509. The lowest BCUT2D eigenvalue weighted by atomic mass is 9.92. The zero-order valence-electron chi connectivity index (χ0n) is 13.6. The summed E-state index contributed by atoms with van der Waals surface area (Å²) in [5.41, 5.74) is 1.78. The molecule has 23 heavy (non-hydrogen) atoms. The molecule has 0 radical (unpaired) electrons. The van der Waals surface area contributed by atoms with E-state index >= 15 is 0 Å². The largest absolute Gasteiger partial charge is 0.439 e. The first-order valence-electron chi connectivity index (χ1n) is 7.79. The zero-order valence-corrected chi connectivity index (χ0v) is 13.6. The molecule has 7 heteroatoms. The van der Waals surface area contributed by atoms with Crippen LogP contribution in [-0.4, -0.2) is 52.9 Å². The lowest BCUT2D eigenvalue weighted by Crippen LogP contribution is -2.52. The molecule has 2 amide bonds. The van der Waals surface area contributed by atoms with Crippen molar-refractivity contribution < 1.29 is 19.1 Å². The Morgan fingerprint density at radius 2 is 2.04 bits per heavy atom. The number of amides is 2. The fourth-order valence-electron chi connectivity index (χ4n) is 3.58. The molecule has 7 nitrogen and oxygen atoms in total. The third-order valence-corrected chi connectivity index (χ3v) is 4.69. The van der Waals surface area contributed by atoms with E-state index < -0.39 is 11.7 Å². The van der Waals surface area contributed by atoms with Crippen LogP contribution >= 0.6 is 0 Å². The predicted molar refractivity (Wildman–Crippen MR) is 82.6 cm³/mol. The van der Waals surface area contributed by atoms with E-state index in [1.54, 1.807) is 18.7 Å². The van der Waals surface area contributed by atoms with Crippen molar-refractivity contribution in [1.82, 2.24) is 15.2 Å². The van der Waals surface area contributed by atoms with Crippen LogP contribution in [0.1, 0.15) is 51.9 Å². The van der Waals surface area contributed by atoms with Crippen molar-refractivity contribution >= 4 is 17.8 Å². The second-order valence-corrected chi connectivity index (χ2v) is 6.44. The van der Waals surface area contributed by atoms with Gasteiger partial charge in [-0.25, -0.2) is 4.79 Å². The average Bonchev–Trinajstić information content (AvgIpc) is 2.99. The highest BCUT2D eigenvalue weighted by Crippen LogP contribution is 2.30. The Hall–Kier alpha value is -2.31. The fraction of sp³-hybridized carbons (Fsp3) is 0.562. The standard InChI is InChI=1S/C16H21N3O4/c1-9-12(10(2)18-13(9)11(3)20)14(21)19-6-4-5-16(8-19)7-17-15(22)23-16/h18H,4-8H2,1-3H3,(H,17,22). The Bertz CT molecular complexity index is 694. The van der Waals surface area contributed by atoms with Gasteiger partial charge in [-0.15, -0.1) is 0 Å². The number of hydrogen-bond donors (Lipinski definition) is 2. The van der Waals surface area contributed by atoms with Crippen LogP contribution in [0.5, 0.6) is 0 Å². The van der Waals surface area contributed by atoms with Gasteiger partial charge >= 0.3 is 6.09 Å². The van der Waals surface area contributed by atoms with Crippen LogP contribution in [0.25, 0.3) is 0 Å². The molecule has 1 unspecified atom stereocenters. The van der Waals surface area contributed by atoms with E-state index in [1.807, 2.05) is 0 Å². The number of likely N-dealkylation sites (tertiary alicyclic amines) is 1. The molecule has 0 saturated carbocycles. The first kappa shape index (κ1) is 15.6. The molecule has 0 aliphatic carbocycles. The molecule has 2 aliphatic heterocycles. The summed E-state index contributed by atoms with van der Waals surface area (Å²) in [6, 6.07) is 0. The van der Waals surface area contributed by atoms with Gasteiger partial charge in [-0.05, 0) is 32.3 Å². The second kappa shape index (κ2) is 5.40. The number of hydrogen-bond acceptors (Lipinski definition) is 4. The van der Waals surface area contributed by atoms with Gasteiger partial charge in [0, 0.05) is 19.2 Å². The molecule has 0 aromatic carbocycles. The predicted octanol–water partition coefficient (Wildman–Crippen LogP) is 1.55. The number of carbonyl (C=O) groups is 3. The number of ketones is 1. The molecule has 124 valence electrons. The molecule has 1 atom stereocenters. The molecule has 3 rings (SSSR count). The van der Waals surface area contributed by atoms with E-state index in [2.05, 4.69) is 10.3 Å². The van der Waals surface area contributed by atoms with E-state index in [1.165, 1.54) is 6.92 Å². The third kappa shape index (κ3) is 2.60. The summed E-state index contributed by atoms with van der Waals surface area (Å²) >= 11 is 0. The highest BCUT2D eigenvalue weighted by molar-refractivity contribution is 6.02. The summed E-state index contributed by atoms with van der Waals surface area (Å²) in [5, 5.41) is 2.67. The number of rotatable bonds is 2. The molecule has 2 fully saturated rings. The van der Waals surface area contributed by atoms with Gasteiger partial charge in [0.2, 0.25) is 0 Å². The second-order valence-electron chi connectivity index (χ2n) is 6.44. The van der Waals surface area contributed by atoms with Gasteiger partial charge in [0.05, 0.1) is 24.3 Å². The molecule has 1 spiro atoms. The normalized spacial score (nSPS) is 23.8. The maximum Gasteiger partial charge on any atom is 0.407 e. The van der Waals surface area contributed by atoms with Gasteiger partial charge in [-0.3, -0.25) is 9.59 Å². The molecule has 2 aliphatic rings. The monoisotopic (exact) mass is 319 g/mol. The summed E-state index contributed by atoms with van der Waals surface area (Å²) in [6.07, 6.45) is 1.11. The van der Waals surface area contributed by atoms with Crippen molar-refractivity contribution in [3.63, 3.8) is 0 Å². The van der Waals surface area contributed by atoms with Crippen molar-refractivity contribution in [2.24, 2.45) is 0 Å². The number of aromatic nitrogens is 1. The number of piperidine rings is 1. The maximum absolute atomic E-state index is 12.9. The molecular weight excluding hydrogens is 298 g/mol. The van der Waals surface area contributed by atoms with Crippen LogP contribution < -0.4 is 5.32 Å². The number of Topliss-reactive ketones (excluding diaryl/α,β-unsaturated/α-hetero) is 1. The van der Waals surface area contributed by atoms with E-state index in [0.717, 1.165) is 12.8 Å². The molecule has 1 aromatic heterocycles. The van der Waals surface area contributed by atoms with Crippen molar-refractivity contribution in [1.29, 1.82) is 0 Å². The molecular formula is C16H21N3O4. The molecule has 0 bridgehead atoms. The van der Waals surface area contributed by atoms with E-state index in [4.69, 9.17) is 4.74 Å². The van der Waals surface area contributed by atoms with Gasteiger partial charge in [0.25, 0.3) is 5.91 Å². The Morgan fingerprint density at radius 3 is 2.61 bits per heavy atom. The van der Waals surface area contributed by atoms with Gasteiger partial charge in [0.1, 0.15) is 5.60 Å². The minimum Gasteiger partial charge on any atom is -0.439 e. The van der Waals surface area contributed by atoms with E-state index in [0.29, 0.717) is 42.1 Å². The quantitative estimate of drug-likeness (QED) is 0.809. The number of H-pyrrole nitrogens is 1. The summed E-state index contributed by atoms with van der Waals surface area (Å²) in [7, 11) is 0. The summed E-state index contributed by atoms with van der Waals surface area (Å²) < 4.78 is 5.40. The number of nitrogens with one attached hydrogen (secondary N) is 2. The molecule has 2 N–H and O–H groups in total.